The maximum atomic E-state index is 12.9. The molecule has 3 heterocycles. The van der Waals surface area contributed by atoms with Crippen molar-refractivity contribution in [1.82, 2.24) is 9.88 Å². The monoisotopic (exact) mass is 351 g/mol. The Balaban J connectivity index is 1.43. The Kier molecular flexibility index (Phi) is 4.56. The number of amides is 2. The van der Waals surface area contributed by atoms with Gasteiger partial charge in [0.15, 0.2) is 0 Å². The number of ether oxygens (including phenoxy) is 1. The van der Waals surface area contributed by atoms with Crippen LogP contribution in [0.25, 0.3) is 0 Å². The number of nitrogens with one attached hydrogen (secondary N) is 1. The topological polar surface area (TPSA) is 71.5 Å². The summed E-state index contributed by atoms with van der Waals surface area (Å²) in [5.41, 5.74) is 2.52. The van der Waals surface area contributed by atoms with Crippen LogP contribution in [0.15, 0.2) is 42.7 Å². The second-order valence-corrected chi connectivity index (χ2v) is 6.74. The molecule has 1 fully saturated rings. The smallest absolute Gasteiger partial charge is 0.253 e. The molecule has 1 saturated heterocycles. The van der Waals surface area contributed by atoms with Crippen LogP contribution in [0, 0.1) is 0 Å². The van der Waals surface area contributed by atoms with Crippen molar-refractivity contribution in [3.8, 4) is 5.75 Å². The van der Waals surface area contributed by atoms with Gasteiger partial charge in [-0.25, -0.2) is 0 Å². The fraction of sp³-hybridized carbons (Fsp3) is 0.350. The molecule has 1 aromatic carbocycles. The summed E-state index contributed by atoms with van der Waals surface area (Å²) >= 11 is 0. The van der Waals surface area contributed by atoms with E-state index < -0.39 is 0 Å². The number of aryl methyl sites for hydroxylation is 1. The molecule has 0 bridgehead atoms. The molecule has 0 saturated carbocycles. The largest absolute Gasteiger partial charge is 0.487 e. The summed E-state index contributed by atoms with van der Waals surface area (Å²) < 4.78 is 5.91. The van der Waals surface area contributed by atoms with Gasteiger partial charge in [-0.15, -0.1) is 0 Å². The molecule has 2 aliphatic heterocycles. The van der Waals surface area contributed by atoms with Crippen molar-refractivity contribution >= 4 is 17.5 Å². The molecular weight excluding hydrogens is 330 g/mol. The van der Waals surface area contributed by atoms with Crippen LogP contribution in [0.2, 0.25) is 0 Å². The van der Waals surface area contributed by atoms with E-state index in [0.717, 1.165) is 36.3 Å². The van der Waals surface area contributed by atoms with Crippen LogP contribution in [0.1, 0.15) is 35.2 Å². The van der Waals surface area contributed by atoms with Crippen LogP contribution in [0.4, 0.5) is 5.69 Å². The van der Waals surface area contributed by atoms with E-state index in [1.165, 1.54) is 0 Å². The summed E-state index contributed by atoms with van der Waals surface area (Å²) in [5, 5.41) is 2.90. The van der Waals surface area contributed by atoms with Crippen LogP contribution in [0.3, 0.4) is 0 Å². The summed E-state index contributed by atoms with van der Waals surface area (Å²) in [5.74, 6) is 0.783. The lowest BCUT2D eigenvalue weighted by molar-refractivity contribution is -0.116. The SMILES string of the molecule is O=C1CCCc2cc(C(=O)N3CCC(Oc4cccnc4)C3)ccc2N1. The van der Waals surface area contributed by atoms with E-state index >= 15 is 0 Å². The predicted molar refractivity (Wildman–Crippen MR) is 97.2 cm³/mol. The number of carbonyl (C=O) groups excluding carboxylic acids is 2. The molecule has 1 unspecified atom stereocenters. The number of hydrogen-bond donors (Lipinski definition) is 1. The van der Waals surface area contributed by atoms with Crippen molar-refractivity contribution in [3.63, 3.8) is 0 Å². The number of hydrogen-bond acceptors (Lipinski definition) is 4. The summed E-state index contributed by atoms with van der Waals surface area (Å²) in [4.78, 5) is 30.4. The molecular formula is C20H21N3O3. The summed E-state index contributed by atoms with van der Waals surface area (Å²) in [6.07, 6.45) is 6.33. The van der Waals surface area contributed by atoms with Gasteiger partial charge in [-0.05, 0) is 48.7 Å². The Morgan fingerprint density at radius 1 is 1.27 bits per heavy atom. The lowest BCUT2D eigenvalue weighted by atomic mass is 10.0. The van der Waals surface area contributed by atoms with Gasteiger partial charge >= 0.3 is 0 Å². The lowest BCUT2D eigenvalue weighted by Gasteiger charge is -2.18. The van der Waals surface area contributed by atoms with Crippen molar-refractivity contribution < 1.29 is 14.3 Å². The van der Waals surface area contributed by atoms with Crippen molar-refractivity contribution in [2.24, 2.45) is 0 Å². The zero-order chi connectivity index (χ0) is 17.9. The molecule has 4 rings (SSSR count). The van der Waals surface area contributed by atoms with Gasteiger partial charge in [0, 0.05) is 36.8 Å². The Morgan fingerprint density at radius 3 is 3.04 bits per heavy atom. The maximum absolute atomic E-state index is 12.9. The molecule has 2 aliphatic rings. The van der Waals surface area contributed by atoms with Gasteiger partial charge in [0.25, 0.3) is 5.91 Å². The molecule has 6 nitrogen and oxygen atoms in total. The van der Waals surface area contributed by atoms with Crippen LogP contribution in [0.5, 0.6) is 5.75 Å². The Bertz CT molecular complexity index is 822. The van der Waals surface area contributed by atoms with Gasteiger partial charge < -0.3 is 15.0 Å². The van der Waals surface area contributed by atoms with Gasteiger partial charge in [0.05, 0.1) is 12.7 Å². The Hall–Kier alpha value is -2.89. The number of benzene rings is 1. The number of anilines is 1. The predicted octanol–water partition coefficient (Wildman–Crippen LogP) is 2.65. The Morgan fingerprint density at radius 2 is 2.19 bits per heavy atom. The first-order chi connectivity index (χ1) is 12.7. The minimum atomic E-state index is -0.0109. The number of pyridine rings is 1. The van der Waals surface area contributed by atoms with E-state index in [9.17, 15) is 9.59 Å². The standard InChI is InChI=1S/C20H21N3O3/c24-19-5-1-3-14-11-15(6-7-18(14)22-19)20(25)23-10-8-17(13-23)26-16-4-2-9-21-12-16/h2,4,6-7,9,11-12,17H,1,3,5,8,10,13H2,(H,22,24). The number of fused-ring (bicyclic) bond motifs is 1. The first kappa shape index (κ1) is 16.6. The number of rotatable bonds is 3. The van der Waals surface area contributed by atoms with E-state index in [-0.39, 0.29) is 17.9 Å². The third-order valence-electron chi connectivity index (χ3n) is 4.85. The first-order valence-electron chi connectivity index (χ1n) is 8.98. The highest BCUT2D eigenvalue weighted by atomic mass is 16.5. The third-order valence-corrected chi connectivity index (χ3v) is 4.85. The maximum Gasteiger partial charge on any atom is 0.253 e. The Labute approximate surface area is 152 Å². The van der Waals surface area contributed by atoms with Gasteiger partial charge in [-0.1, -0.05) is 0 Å². The molecule has 1 N–H and O–H groups in total. The number of carbonyl (C=O) groups is 2. The minimum absolute atomic E-state index is 0.0109. The fourth-order valence-electron chi connectivity index (χ4n) is 3.51. The van der Waals surface area contributed by atoms with Crippen molar-refractivity contribution in [2.75, 3.05) is 18.4 Å². The van der Waals surface area contributed by atoms with Crippen LogP contribution >= 0.6 is 0 Å². The average molecular weight is 351 g/mol. The van der Waals surface area contributed by atoms with Crippen LogP contribution in [-0.2, 0) is 11.2 Å². The number of likely N-dealkylation sites (tertiary alicyclic amines) is 1. The molecule has 1 atom stereocenters. The second-order valence-electron chi connectivity index (χ2n) is 6.74. The molecule has 26 heavy (non-hydrogen) atoms. The van der Waals surface area contributed by atoms with E-state index in [0.29, 0.717) is 25.1 Å². The summed E-state index contributed by atoms with van der Waals surface area (Å²) in [6, 6.07) is 9.26. The minimum Gasteiger partial charge on any atom is -0.487 e. The normalized spacial score (nSPS) is 19.5. The molecule has 6 heteroatoms. The van der Waals surface area contributed by atoms with Crippen molar-refractivity contribution in [3.05, 3.63) is 53.9 Å². The number of nitrogens with zero attached hydrogens (tertiary/aromatic N) is 2. The molecule has 1 aromatic heterocycles. The molecule has 2 amide bonds. The van der Waals surface area contributed by atoms with Crippen molar-refractivity contribution in [1.29, 1.82) is 0 Å². The van der Waals surface area contributed by atoms with E-state index in [1.807, 2.05) is 29.2 Å². The molecule has 2 aromatic rings. The zero-order valence-corrected chi connectivity index (χ0v) is 14.5. The van der Waals surface area contributed by atoms with E-state index in [4.69, 9.17) is 4.74 Å². The van der Waals surface area contributed by atoms with Crippen LogP contribution in [-0.4, -0.2) is 40.9 Å². The zero-order valence-electron chi connectivity index (χ0n) is 14.5. The molecule has 134 valence electrons. The highest BCUT2D eigenvalue weighted by Gasteiger charge is 2.28. The van der Waals surface area contributed by atoms with E-state index in [2.05, 4.69) is 10.3 Å². The molecule has 0 radical (unpaired) electrons. The molecule has 0 spiro atoms. The van der Waals surface area contributed by atoms with Crippen LogP contribution < -0.4 is 10.1 Å². The molecule has 0 aliphatic carbocycles. The van der Waals surface area contributed by atoms with E-state index in [1.54, 1.807) is 18.5 Å². The van der Waals surface area contributed by atoms with Gasteiger partial charge in [0.2, 0.25) is 5.91 Å². The first-order valence-corrected chi connectivity index (χ1v) is 8.98. The average Bonchev–Trinajstić information content (AvgIpc) is 3.03. The van der Waals surface area contributed by atoms with Gasteiger partial charge in [-0.3, -0.25) is 14.6 Å². The number of aromatic nitrogens is 1. The van der Waals surface area contributed by atoms with Gasteiger partial charge in [0.1, 0.15) is 11.9 Å². The quantitative estimate of drug-likeness (QED) is 0.923. The second kappa shape index (κ2) is 7.15. The highest BCUT2D eigenvalue weighted by Crippen LogP contribution is 2.25. The van der Waals surface area contributed by atoms with Gasteiger partial charge in [-0.2, -0.15) is 0 Å². The third kappa shape index (κ3) is 3.54. The summed E-state index contributed by atoms with van der Waals surface area (Å²) in [7, 11) is 0. The lowest BCUT2D eigenvalue weighted by Crippen LogP contribution is -2.31. The van der Waals surface area contributed by atoms with Crippen molar-refractivity contribution in [2.45, 2.75) is 31.8 Å². The highest BCUT2D eigenvalue weighted by molar-refractivity contribution is 5.97. The fourth-order valence-corrected chi connectivity index (χ4v) is 3.51. The summed E-state index contributed by atoms with van der Waals surface area (Å²) in [6.45, 7) is 1.25.